The summed E-state index contributed by atoms with van der Waals surface area (Å²) in [5.74, 6) is -2.45. The highest BCUT2D eigenvalue weighted by Gasteiger charge is 2.55. The fourth-order valence-electron chi connectivity index (χ4n) is 6.00. The monoisotopic (exact) mass is 610 g/mol. The minimum absolute atomic E-state index is 0.0283. The van der Waals surface area contributed by atoms with Gasteiger partial charge in [0.2, 0.25) is 5.88 Å². The summed E-state index contributed by atoms with van der Waals surface area (Å²) in [6.45, 7) is 0.838. The molecule has 226 valence electrons. The van der Waals surface area contributed by atoms with Crippen molar-refractivity contribution in [3.8, 4) is 23.2 Å². The zero-order valence-corrected chi connectivity index (χ0v) is 23.8. The SMILES string of the molecule is N#Cc1ccc(COc2cccc(-c3cc(F)c(Cc4nc5ccc(C(=O)O)cc5n4[C@@H]4COCC45CC5)cc3F)n2)c(F)c1. The molecule has 1 N–H and O–H groups in total. The van der Waals surface area contributed by atoms with Crippen molar-refractivity contribution in [2.75, 3.05) is 13.2 Å². The molecule has 0 radical (unpaired) electrons. The summed E-state index contributed by atoms with van der Waals surface area (Å²) in [6, 6.07) is 17.3. The number of pyridine rings is 1. The number of imidazole rings is 1. The third-order valence-electron chi connectivity index (χ3n) is 8.63. The van der Waals surface area contributed by atoms with Gasteiger partial charge in [-0.05, 0) is 66.9 Å². The highest BCUT2D eigenvalue weighted by molar-refractivity contribution is 5.92. The van der Waals surface area contributed by atoms with Gasteiger partial charge in [0, 0.05) is 29.0 Å². The summed E-state index contributed by atoms with van der Waals surface area (Å²) in [5, 5.41) is 18.5. The van der Waals surface area contributed by atoms with Crippen LogP contribution in [0.3, 0.4) is 0 Å². The fraction of sp³-hybridized carbons (Fsp3) is 0.235. The number of carboxylic acids is 1. The number of rotatable bonds is 8. The van der Waals surface area contributed by atoms with E-state index < -0.39 is 23.4 Å². The van der Waals surface area contributed by atoms with Crippen LogP contribution in [0.2, 0.25) is 0 Å². The summed E-state index contributed by atoms with van der Waals surface area (Å²) in [4.78, 5) is 20.7. The third-order valence-corrected chi connectivity index (χ3v) is 8.63. The van der Waals surface area contributed by atoms with Gasteiger partial charge in [-0.15, -0.1) is 0 Å². The van der Waals surface area contributed by atoms with Crippen molar-refractivity contribution < 1.29 is 32.5 Å². The third kappa shape index (κ3) is 5.27. The Morgan fingerprint density at radius 3 is 2.60 bits per heavy atom. The molecule has 3 aromatic carbocycles. The number of carbonyl (C=O) groups is 1. The topological polar surface area (TPSA) is 110 Å². The molecule has 2 aromatic heterocycles. The average Bonchev–Trinajstić information content (AvgIpc) is 3.57. The van der Waals surface area contributed by atoms with E-state index in [0.29, 0.717) is 30.1 Å². The maximum atomic E-state index is 15.6. The number of nitriles is 1. The second kappa shape index (κ2) is 11.1. The highest BCUT2D eigenvalue weighted by atomic mass is 19.1. The summed E-state index contributed by atoms with van der Waals surface area (Å²) in [5.41, 5.74) is 1.75. The summed E-state index contributed by atoms with van der Waals surface area (Å²) >= 11 is 0. The molecular formula is C34H25F3N4O4. The second-order valence-corrected chi connectivity index (χ2v) is 11.5. The second-order valence-electron chi connectivity index (χ2n) is 11.5. The van der Waals surface area contributed by atoms with Gasteiger partial charge >= 0.3 is 5.97 Å². The highest BCUT2D eigenvalue weighted by Crippen LogP contribution is 2.58. The van der Waals surface area contributed by atoms with Gasteiger partial charge in [0.05, 0.1) is 53.2 Å². The summed E-state index contributed by atoms with van der Waals surface area (Å²) < 4.78 is 58.9. The number of aromatic nitrogens is 3. The quantitative estimate of drug-likeness (QED) is 0.211. The molecule has 1 atom stereocenters. The van der Waals surface area contributed by atoms with E-state index in [1.165, 1.54) is 30.3 Å². The van der Waals surface area contributed by atoms with Gasteiger partial charge < -0.3 is 19.1 Å². The van der Waals surface area contributed by atoms with Crippen LogP contribution < -0.4 is 4.74 Å². The first-order chi connectivity index (χ1) is 21.7. The molecule has 45 heavy (non-hydrogen) atoms. The molecule has 1 aliphatic heterocycles. The van der Waals surface area contributed by atoms with Crippen LogP contribution in [0.5, 0.6) is 5.88 Å². The molecule has 3 heterocycles. The number of nitrogens with zero attached hydrogens (tertiary/aromatic N) is 4. The Morgan fingerprint density at radius 2 is 1.84 bits per heavy atom. The van der Waals surface area contributed by atoms with Gasteiger partial charge in [0.1, 0.15) is 29.9 Å². The van der Waals surface area contributed by atoms with Crippen molar-refractivity contribution in [1.82, 2.24) is 14.5 Å². The van der Waals surface area contributed by atoms with Crippen molar-refractivity contribution in [3.05, 3.63) is 112 Å². The van der Waals surface area contributed by atoms with Crippen LogP contribution in [0.15, 0.2) is 66.7 Å². The Labute approximate surface area is 255 Å². The molecule has 8 nitrogen and oxygen atoms in total. The van der Waals surface area contributed by atoms with Crippen LogP contribution in [0.4, 0.5) is 13.2 Å². The van der Waals surface area contributed by atoms with Crippen LogP contribution in [0, 0.1) is 34.2 Å². The lowest BCUT2D eigenvalue weighted by atomic mass is 9.99. The first kappa shape index (κ1) is 28.6. The molecule has 11 heteroatoms. The van der Waals surface area contributed by atoms with Crippen molar-refractivity contribution in [1.29, 1.82) is 5.26 Å². The number of halogens is 3. The summed E-state index contributed by atoms with van der Waals surface area (Å²) in [6.07, 6.45) is 1.90. The molecule has 2 aliphatic rings. The zero-order chi connectivity index (χ0) is 31.3. The Hall–Kier alpha value is -5.21. The van der Waals surface area contributed by atoms with E-state index in [1.807, 2.05) is 10.6 Å². The molecule has 7 rings (SSSR count). The molecule has 0 unspecified atom stereocenters. The van der Waals surface area contributed by atoms with E-state index in [2.05, 4.69) is 4.98 Å². The normalized spacial score (nSPS) is 16.6. The molecule has 0 amide bonds. The van der Waals surface area contributed by atoms with E-state index in [0.717, 1.165) is 31.0 Å². The number of aromatic carboxylic acids is 1. The Kier molecular flexibility index (Phi) is 7.01. The number of hydrogen-bond donors (Lipinski definition) is 1. The molecule has 1 aliphatic carbocycles. The van der Waals surface area contributed by atoms with Gasteiger partial charge in [-0.2, -0.15) is 5.26 Å². The van der Waals surface area contributed by atoms with Gasteiger partial charge in [-0.25, -0.2) is 27.9 Å². The lowest BCUT2D eigenvalue weighted by Crippen LogP contribution is -2.21. The molecule has 5 aromatic rings. The van der Waals surface area contributed by atoms with Crippen LogP contribution in [-0.2, 0) is 17.8 Å². The number of hydrogen-bond acceptors (Lipinski definition) is 6. The van der Waals surface area contributed by atoms with Crippen LogP contribution in [-0.4, -0.2) is 38.8 Å². The maximum absolute atomic E-state index is 15.6. The minimum atomic E-state index is -1.07. The van der Waals surface area contributed by atoms with Crippen LogP contribution >= 0.6 is 0 Å². The van der Waals surface area contributed by atoms with E-state index in [1.54, 1.807) is 18.2 Å². The van der Waals surface area contributed by atoms with E-state index in [9.17, 15) is 14.3 Å². The number of fused-ring (bicyclic) bond motifs is 1. The van der Waals surface area contributed by atoms with Crippen molar-refractivity contribution in [2.24, 2.45) is 5.41 Å². The minimum Gasteiger partial charge on any atom is -0.478 e. The largest absolute Gasteiger partial charge is 0.478 e. The first-order valence-corrected chi connectivity index (χ1v) is 14.3. The molecule has 1 saturated carbocycles. The fourth-order valence-corrected chi connectivity index (χ4v) is 6.00. The van der Waals surface area contributed by atoms with E-state index in [-0.39, 0.29) is 63.9 Å². The number of carboxylic acid groups (broad SMARTS) is 1. The van der Waals surface area contributed by atoms with Gasteiger partial charge in [0.15, 0.2) is 0 Å². The number of benzene rings is 3. The van der Waals surface area contributed by atoms with Gasteiger partial charge in [-0.3, -0.25) is 0 Å². The van der Waals surface area contributed by atoms with E-state index in [4.69, 9.17) is 19.7 Å². The molecule has 1 saturated heterocycles. The number of ether oxygens (including phenoxy) is 2. The van der Waals surface area contributed by atoms with Crippen molar-refractivity contribution in [2.45, 2.75) is 31.9 Å². The first-order valence-electron chi connectivity index (χ1n) is 14.3. The lowest BCUT2D eigenvalue weighted by Gasteiger charge is -2.22. The molecular weight excluding hydrogens is 585 g/mol. The average molecular weight is 611 g/mol. The Balaban J connectivity index is 1.18. The lowest BCUT2D eigenvalue weighted by molar-refractivity contribution is 0.0697. The van der Waals surface area contributed by atoms with Crippen LogP contribution in [0.25, 0.3) is 22.3 Å². The van der Waals surface area contributed by atoms with Crippen molar-refractivity contribution in [3.63, 3.8) is 0 Å². The van der Waals surface area contributed by atoms with E-state index >= 15 is 8.78 Å². The maximum Gasteiger partial charge on any atom is 0.335 e. The van der Waals surface area contributed by atoms with Gasteiger partial charge in [-0.1, -0.05) is 12.1 Å². The predicted octanol–water partition coefficient (Wildman–Crippen LogP) is 6.61. The van der Waals surface area contributed by atoms with Crippen LogP contribution in [0.1, 0.15) is 51.8 Å². The molecule has 2 fully saturated rings. The van der Waals surface area contributed by atoms with Gasteiger partial charge in [0.25, 0.3) is 0 Å². The predicted molar refractivity (Wildman–Crippen MR) is 156 cm³/mol. The zero-order valence-electron chi connectivity index (χ0n) is 23.8. The Bertz CT molecular complexity index is 2030. The Morgan fingerprint density at radius 1 is 1.02 bits per heavy atom. The van der Waals surface area contributed by atoms with Crippen molar-refractivity contribution >= 4 is 17.0 Å². The molecule has 1 spiro atoms. The standard InChI is InChI=1S/C34H25F3N4O4/c35-24-10-19(15-38)4-5-21(24)16-45-32-3-1-2-27(40-32)23-14-25(36)22(11-26(23)37)13-31-39-28-7-6-20(33(42)43)12-29(28)41(31)30-17-44-18-34(30)8-9-34/h1-7,10-12,14,30H,8-9,13,16-18H2,(H,42,43)/t30-/m1/s1. The molecule has 0 bridgehead atoms. The summed E-state index contributed by atoms with van der Waals surface area (Å²) in [7, 11) is 0. The smallest absolute Gasteiger partial charge is 0.335 e.